The van der Waals surface area contributed by atoms with Gasteiger partial charge in [0.2, 0.25) is 5.91 Å². The highest BCUT2D eigenvalue weighted by atomic mass is 32.2. The highest BCUT2D eigenvalue weighted by Gasteiger charge is 2.36. The number of thioether (sulfide) groups is 1. The fourth-order valence-electron chi connectivity index (χ4n) is 3.88. The average molecular weight is 562 g/mol. The Morgan fingerprint density at radius 2 is 1.80 bits per heavy atom. The van der Waals surface area contributed by atoms with Crippen molar-refractivity contribution in [3.63, 3.8) is 0 Å². The molecule has 206 valence electrons. The van der Waals surface area contributed by atoms with Crippen LogP contribution in [0.2, 0.25) is 0 Å². The van der Waals surface area contributed by atoms with Crippen molar-refractivity contribution in [3.8, 4) is 11.5 Å². The van der Waals surface area contributed by atoms with E-state index in [4.69, 9.17) is 9.47 Å². The molecule has 0 aromatic heterocycles. The van der Waals surface area contributed by atoms with Crippen LogP contribution in [0.15, 0.2) is 65.6 Å². The second-order valence-electron chi connectivity index (χ2n) is 8.91. The first-order valence-electron chi connectivity index (χ1n) is 12.4. The predicted octanol–water partition coefficient (Wildman–Crippen LogP) is 5.86. The Bertz CT molecular complexity index is 1500. The molecule has 11 heteroatoms. The van der Waals surface area contributed by atoms with Gasteiger partial charge in [-0.1, -0.05) is 18.2 Å². The molecule has 0 unspecified atom stereocenters. The van der Waals surface area contributed by atoms with Gasteiger partial charge in [0, 0.05) is 17.8 Å². The first-order chi connectivity index (χ1) is 19.2. The standard InChI is InChI=1S/C29H27N3O7S/c1-4-38-25-14-21(10-13-24(25)39-17-20-8-11-22(12-9-20)32(36)37)15-26-28(34)31(29(35)40-26)16-27(33)30-23-7-5-6-18(2)19(23)3/h5-15H,4,16-17H2,1-3H3,(H,30,33)/b26-15+. The molecule has 3 aromatic rings. The van der Waals surface area contributed by atoms with Crippen molar-refractivity contribution < 1.29 is 28.8 Å². The number of ether oxygens (including phenoxy) is 2. The van der Waals surface area contributed by atoms with E-state index >= 15 is 0 Å². The molecule has 1 fully saturated rings. The normalized spacial score (nSPS) is 14.0. The molecule has 1 heterocycles. The second-order valence-corrected chi connectivity index (χ2v) is 9.91. The summed E-state index contributed by atoms with van der Waals surface area (Å²) >= 11 is 0.763. The summed E-state index contributed by atoms with van der Waals surface area (Å²) in [6.45, 7) is 5.78. The summed E-state index contributed by atoms with van der Waals surface area (Å²) in [6.07, 6.45) is 1.57. The van der Waals surface area contributed by atoms with E-state index in [0.717, 1.165) is 33.4 Å². The van der Waals surface area contributed by atoms with Crippen LogP contribution in [0.4, 0.5) is 16.2 Å². The molecular formula is C29H27N3O7S. The summed E-state index contributed by atoms with van der Waals surface area (Å²) < 4.78 is 11.6. The number of hydrogen-bond acceptors (Lipinski definition) is 8. The van der Waals surface area contributed by atoms with Crippen LogP contribution in [0.1, 0.15) is 29.2 Å². The number of hydrogen-bond donors (Lipinski definition) is 1. The highest BCUT2D eigenvalue weighted by molar-refractivity contribution is 8.18. The van der Waals surface area contributed by atoms with E-state index in [9.17, 15) is 24.5 Å². The third kappa shape index (κ3) is 6.67. The lowest BCUT2D eigenvalue weighted by Crippen LogP contribution is -2.36. The van der Waals surface area contributed by atoms with E-state index in [2.05, 4.69) is 5.32 Å². The maximum absolute atomic E-state index is 13.0. The molecule has 0 atom stereocenters. The van der Waals surface area contributed by atoms with Crippen molar-refractivity contribution in [1.82, 2.24) is 4.90 Å². The number of aryl methyl sites for hydroxylation is 1. The molecule has 1 aliphatic rings. The van der Waals surface area contributed by atoms with Gasteiger partial charge in [0.1, 0.15) is 13.2 Å². The van der Waals surface area contributed by atoms with E-state index < -0.39 is 28.5 Å². The van der Waals surface area contributed by atoms with Crippen LogP contribution in [0, 0.1) is 24.0 Å². The Labute approximate surface area is 235 Å². The number of benzene rings is 3. The summed E-state index contributed by atoms with van der Waals surface area (Å²) in [5.41, 5.74) is 3.90. The Morgan fingerprint density at radius 3 is 2.50 bits per heavy atom. The molecule has 0 spiro atoms. The number of nitrogens with zero attached hydrogens (tertiary/aromatic N) is 2. The van der Waals surface area contributed by atoms with Crippen molar-refractivity contribution in [1.29, 1.82) is 0 Å². The number of rotatable bonds is 10. The molecule has 3 amide bonds. The van der Waals surface area contributed by atoms with Gasteiger partial charge in [0.25, 0.3) is 16.8 Å². The van der Waals surface area contributed by atoms with Gasteiger partial charge in [-0.2, -0.15) is 0 Å². The number of nitrogens with one attached hydrogen (secondary N) is 1. The number of anilines is 1. The van der Waals surface area contributed by atoms with Crippen molar-refractivity contribution in [2.75, 3.05) is 18.5 Å². The van der Waals surface area contributed by atoms with Crippen LogP contribution in [-0.2, 0) is 16.2 Å². The molecule has 1 saturated heterocycles. The molecule has 0 bridgehead atoms. The predicted molar refractivity (Wildman–Crippen MR) is 152 cm³/mol. The van der Waals surface area contributed by atoms with E-state index in [1.165, 1.54) is 12.1 Å². The lowest BCUT2D eigenvalue weighted by molar-refractivity contribution is -0.384. The van der Waals surface area contributed by atoms with Crippen LogP contribution in [0.3, 0.4) is 0 Å². The number of imide groups is 1. The van der Waals surface area contributed by atoms with Crippen molar-refractivity contribution >= 4 is 46.3 Å². The Hall–Kier alpha value is -4.64. The molecule has 3 aromatic carbocycles. The number of nitro groups is 1. The first kappa shape index (κ1) is 28.4. The Morgan fingerprint density at radius 1 is 1.05 bits per heavy atom. The van der Waals surface area contributed by atoms with Gasteiger partial charge in [-0.15, -0.1) is 0 Å². The van der Waals surface area contributed by atoms with Gasteiger partial charge in [-0.25, -0.2) is 0 Å². The maximum Gasteiger partial charge on any atom is 0.294 e. The average Bonchev–Trinajstić information content (AvgIpc) is 3.18. The Balaban J connectivity index is 1.44. The molecule has 4 rings (SSSR count). The van der Waals surface area contributed by atoms with E-state index in [-0.39, 0.29) is 17.2 Å². The van der Waals surface area contributed by atoms with Crippen LogP contribution < -0.4 is 14.8 Å². The molecule has 1 aliphatic heterocycles. The lowest BCUT2D eigenvalue weighted by Gasteiger charge is -2.14. The van der Waals surface area contributed by atoms with E-state index in [1.807, 2.05) is 32.9 Å². The molecule has 1 N–H and O–H groups in total. The van der Waals surface area contributed by atoms with Gasteiger partial charge in [0.15, 0.2) is 11.5 Å². The number of carbonyl (C=O) groups is 3. The summed E-state index contributed by atoms with van der Waals surface area (Å²) in [5, 5.41) is 13.1. The van der Waals surface area contributed by atoms with E-state index in [1.54, 1.807) is 42.5 Å². The first-order valence-corrected chi connectivity index (χ1v) is 13.2. The minimum Gasteiger partial charge on any atom is -0.490 e. The van der Waals surface area contributed by atoms with Crippen LogP contribution in [-0.4, -0.2) is 40.0 Å². The lowest BCUT2D eigenvalue weighted by atomic mass is 10.1. The zero-order valence-corrected chi connectivity index (χ0v) is 22.9. The third-order valence-electron chi connectivity index (χ3n) is 6.16. The fourth-order valence-corrected chi connectivity index (χ4v) is 4.72. The second kappa shape index (κ2) is 12.5. The van der Waals surface area contributed by atoms with Gasteiger partial charge in [0.05, 0.1) is 16.4 Å². The quantitative estimate of drug-likeness (QED) is 0.185. The highest BCUT2D eigenvalue weighted by Crippen LogP contribution is 2.35. The SMILES string of the molecule is CCOc1cc(/C=C2/SC(=O)N(CC(=O)Nc3cccc(C)c3C)C2=O)ccc1OCc1ccc([N+](=O)[O-])cc1. The third-order valence-corrected chi connectivity index (χ3v) is 7.07. The van der Waals surface area contributed by atoms with Gasteiger partial charge in [-0.3, -0.25) is 29.4 Å². The van der Waals surface area contributed by atoms with Crippen molar-refractivity contribution in [2.45, 2.75) is 27.4 Å². The van der Waals surface area contributed by atoms with Gasteiger partial charge in [-0.05, 0) is 91.2 Å². The molecule has 0 radical (unpaired) electrons. The molecule has 10 nitrogen and oxygen atoms in total. The maximum atomic E-state index is 13.0. The smallest absolute Gasteiger partial charge is 0.294 e. The summed E-state index contributed by atoms with van der Waals surface area (Å²) in [6, 6.07) is 16.7. The Kier molecular flexibility index (Phi) is 8.85. The van der Waals surface area contributed by atoms with Crippen LogP contribution >= 0.6 is 11.8 Å². The number of nitro benzene ring substituents is 1. The fraction of sp³-hybridized carbons (Fsp3) is 0.207. The van der Waals surface area contributed by atoms with Crippen LogP contribution in [0.5, 0.6) is 11.5 Å². The number of non-ortho nitro benzene ring substituents is 1. The number of carbonyl (C=O) groups excluding carboxylic acids is 3. The molecule has 0 saturated carbocycles. The molecular weight excluding hydrogens is 534 g/mol. The summed E-state index contributed by atoms with van der Waals surface area (Å²) in [7, 11) is 0. The molecule has 0 aliphatic carbocycles. The molecule has 40 heavy (non-hydrogen) atoms. The van der Waals surface area contributed by atoms with E-state index in [0.29, 0.717) is 29.4 Å². The largest absolute Gasteiger partial charge is 0.490 e. The summed E-state index contributed by atoms with van der Waals surface area (Å²) in [5.74, 6) is -0.133. The van der Waals surface area contributed by atoms with Gasteiger partial charge < -0.3 is 14.8 Å². The minimum atomic E-state index is -0.553. The van der Waals surface area contributed by atoms with Crippen LogP contribution in [0.25, 0.3) is 6.08 Å². The van der Waals surface area contributed by atoms with Crippen molar-refractivity contribution in [3.05, 3.63) is 97.9 Å². The number of amides is 3. The minimum absolute atomic E-state index is 0.00507. The monoisotopic (exact) mass is 561 g/mol. The zero-order chi connectivity index (χ0) is 28.8. The van der Waals surface area contributed by atoms with Crippen molar-refractivity contribution in [2.24, 2.45) is 0 Å². The zero-order valence-electron chi connectivity index (χ0n) is 22.1. The topological polar surface area (TPSA) is 128 Å². The summed E-state index contributed by atoms with van der Waals surface area (Å²) in [4.78, 5) is 49.6. The van der Waals surface area contributed by atoms with Gasteiger partial charge >= 0.3 is 0 Å².